The Labute approximate surface area is 320 Å². The molecule has 0 bridgehead atoms. The van der Waals surface area contributed by atoms with E-state index < -0.39 is 12.1 Å². The lowest BCUT2D eigenvalue weighted by Crippen LogP contribution is -2.57. The summed E-state index contributed by atoms with van der Waals surface area (Å²) in [6.45, 7) is 11.3. The number of likely N-dealkylation sites (tertiary alicyclic amines) is 2. The van der Waals surface area contributed by atoms with Crippen LogP contribution in [0.2, 0.25) is 0 Å². The number of carboxylic acids is 1. The van der Waals surface area contributed by atoms with Crippen LogP contribution in [0, 0.1) is 11.3 Å². The Morgan fingerprint density at radius 3 is 2.42 bits per heavy atom. The first kappa shape index (κ1) is 40.1. The zero-order chi connectivity index (χ0) is 39.5. The van der Waals surface area contributed by atoms with Crippen LogP contribution in [0.25, 0.3) is 10.3 Å². The van der Waals surface area contributed by atoms with Crippen molar-refractivity contribution in [2.45, 2.75) is 83.5 Å². The van der Waals surface area contributed by atoms with Gasteiger partial charge in [-0.15, -0.1) is 10.2 Å². The molecule has 3 aliphatic rings. The van der Waals surface area contributed by atoms with Gasteiger partial charge in [-0.05, 0) is 99.3 Å². The fraction of sp³-hybridized carbons (Fsp3) is 0.568. The summed E-state index contributed by atoms with van der Waals surface area (Å²) in [6.07, 6.45) is 0.623. The number of amides is 2. The molecule has 4 N–H and O–H groups in total. The van der Waals surface area contributed by atoms with Crippen molar-refractivity contribution in [1.82, 2.24) is 51.0 Å². The number of piperidine rings is 1. The second-order valence-electron chi connectivity index (χ2n) is 15.8. The number of nitrogens with one attached hydrogen (secondary N) is 3. The predicted octanol–water partition coefficient (Wildman–Crippen LogP) is 4.77. The zero-order valence-corrected chi connectivity index (χ0v) is 32.1. The number of benzene rings is 1. The lowest BCUT2D eigenvalue weighted by atomic mass is 9.71. The van der Waals surface area contributed by atoms with Crippen molar-refractivity contribution in [2.75, 3.05) is 39.8 Å². The van der Waals surface area contributed by atoms with Crippen LogP contribution in [0.5, 0.6) is 0 Å². The third-order valence-corrected chi connectivity index (χ3v) is 11.7. The van der Waals surface area contributed by atoms with Gasteiger partial charge in [-0.3, -0.25) is 9.59 Å². The highest BCUT2D eigenvalue weighted by Gasteiger charge is 2.38. The van der Waals surface area contributed by atoms with E-state index in [1.807, 2.05) is 31.3 Å². The van der Waals surface area contributed by atoms with Gasteiger partial charge in [-0.1, -0.05) is 49.5 Å². The van der Waals surface area contributed by atoms with E-state index in [-0.39, 0.29) is 29.3 Å². The van der Waals surface area contributed by atoms with Gasteiger partial charge in [0.1, 0.15) is 10.3 Å². The number of likely N-dealkylation sites (N-methyl/N-ethyl adjacent to an activating group) is 1. The SMILES string of the molecule is CN1CC(NC(=O)c2cccc([C@@H](CCN3CCC(c4nn[nH]n4)CC3)NC(=O)c3nc4cc5c(nc4s3)CC[C@H](C(C)(C)C)C5)c2)C1.O=C(O)C(F)(F)F. The molecule has 4 aromatic rings. The Morgan fingerprint density at radius 1 is 1.05 bits per heavy atom. The molecule has 14 nitrogen and oxygen atoms in total. The van der Waals surface area contributed by atoms with Crippen molar-refractivity contribution in [2.24, 2.45) is 11.3 Å². The van der Waals surface area contributed by atoms with Crippen molar-refractivity contribution < 1.29 is 32.7 Å². The number of thiazole rings is 1. The van der Waals surface area contributed by atoms with Crippen LogP contribution in [0.3, 0.4) is 0 Å². The Balaban J connectivity index is 0.000000672. The summed E-state index contributed by atoms with van der Waals surface area (Å²) in [5, 5.41) is 28.6. The highest BCUT2D eigenvalue weighted by atomic mass is 32.1. The largest absolute Gasteiger partial charge is 0.490 e. The van der Waals surface area contributed by atoms with E-state index >= 15 is 0 Å². The number of nitrogens with zero attached hydrogens (tertiary/aromatic N) is 7. The quantitative estimate of drug-likeness (QED) is 0.184. The minimum Gasteiger partial charge on any atom is -0.475 e. The third-order valence-electron chi connectivity index (χ3n) is 10.7. The summed E-state index contributed by atoms with van der Waals surface area (Å²) >= 11 is 1.36. The predicted molar refractivity (Wildman–Crippen MR) is 199 cm³/mol. The topological polar surface area (TPSA) is 182 Å². The van der Waals surface area contributed by atoms with E-state index in [0.29, 0.717) is 28.8 Å². The molecular formula is C37H47F3N10O4S. The number of carbonyl (C=O) groups is 3. The minimum absolute atomic E-state index is 0.0847. The number of aromatic amines is 1. The second kappa shape index (κ2) is 16.7. The third kappa shape index (κ3) is 10.2. The number of aromatic nitrogens is 6. The summed E-state index contributed by atoms with van der Waals surface area (Å²) < 4.78 is 31.7. The number of pyridine rings is 1. The van der Waals surface area contributed by atoms with Crippen molar-refractivity contribution in [1.29, 1.82) is 0 Å². The van der Waals surface area contributed by atoms with Gasteiger partial charge in [-0.2, -0.15) is 18.4 Å². The van der Waals surface area contributed by atoms with E-state index in [0.717, 1.165) is 92.3 Å². The molecular weight excluding hydrogens is 738 g/mol. The van der Waals surface area contributed by atoms with E-state index in [1.165, 1.54) is 16.9 Å². The Hall–Kier alpha value is -4.55. The molecule has 0 unspecified atom stereocenters. The molecule has 55 heavy (non-hydrogen) atoms. The maximum Gasteiger partial charge on any atom is 0.490 e. The Bertz CT molecular complexity index is 1970. The van der Waals surface area contributed by atoms with Crippen LogP contribution < -0.4 is 10.6 Å². The van der Waals surface area contributed by atoms with Crippen LogP contribution >= 0.6 is 11.3 Å². The molecule has 1 aliphatic carbocycles. The first-order chi connectivity index (χ1) is 26.0. The molecule has 1 aromatic carbocycles. The monoisotopic (exact) mass is 784 g/mol. The van der Waals surface area contributed by atoms with Crippen LogP contribution in [0.1, 0.15) is 101 Å². The molecule has 0 spiro atoms. The van der Waals surface area contributed by atoms with Crippen molar-refractivity contribution in [3.8, 4) is 0 Å². The summed E-state index contributed by atoms with van der Waals surface area (Å²) in [5.41, 5.74) is 4.95. The summed E-state index contributed by atoms with van der Waals surface area (Å²) in [5.74, 6) is -1.37. The van der Waals surface area contributed by atoms with Gasteiger partial charge in [0.2, 0.25) is 0 Å². The molecule has 7 rings (SSSR count). The second-order valence-corrected chi connectivity index (χ2v) is 16.7. The zero-order valence-electron chi connectivity index (χ0n) is 31.3. The average Bonchev–Trinajstić information content (AvgIpc) is 3.82. The van der Waals surface area contributed by atoms with E-state index in [9.17, 15) is 22.8 Å². The number of halogens is 3. The molecule has 2 amide bonds. The first-order valence-corrected chi connectivity index (χ1v) is 19.3. The molecule has 3 aromatic heterocycles. The number of carboxylic acid groups (broad SMARTS) is 1. The normalized spacial score (nSPS) is 19.1. The maximum absolute atomic E-state index is 13.9. The molecule has 2 saturated heterocycles. The van der Waals surface area contributed by atoms with Gasteiger partial charge in [-0.25, -0.2) is 14.8 Å². The van der Waals surface area contributed by atoms with Gasteiger partial charge >= 0.3 is 12.1 Å². The Kier molecular flexibility index (Phi) is 12.2. The molecule has 2 fully saturated rings. The molecule has 18 heteroatoms. The van der Waals surface area contributed by atoms with E-state index in [1.54, 1.807) is 0 Å². The highest BCUT2D eigenvalue weighted by molar-refractivity contribution is 7.19. The minimum atomic E-state index is -5.08. The van der Waals surface area contributed by atoms with Crippen LogP contribution in [-0.2, 0) is 17.6 Å². The molecule has 0 saturated carbocycles. The number of rotatable bonds is 9. The van der Waals surface area contributed by atoms with Crippen LogP contribution in [-0.4, -0.2) is 115 Å². The molecule has 5 heterocycles. The number of hydrogen-bond donors (Lipinski definition) is 4. The van der Waals surface area contributed by atoms with E-state index in [4.69, 9.17) is 19.9 Å². The number of fused-ring (bicyclic) bond motifs is 2. The van der Waals surface area contributed by atoms with Gasteiger partial charge < -0.3 is 25.5 Å². The molecule has 0 radical (unpaired) electrons. The van der Waals surface area contributed by atoms with Gasteiger partial charge in [0.25, 0.3) is 11.8 Å². The average molecular weight is 785 g/mol. The van der Waals surface area contributed by atoms with Crippen molar-refractivity contribution in [3.63, 3.8) is 0 Å². The summed E-state index contributed by atoms with van der Waals surface area (Å²) in [6, 6.07) is 9.69. The Morgan fingerprint density at radius 2 is 1.78 bits per heavy atom. The summed E-state index contributed by atoms with van der Waals surface area (Å²) in [4.78, 5) is 51.1. The van der Waals surface area contributed by atoms with Gasteiger partial charge in [0.15, 0.2) is 10.8 Å². The number of aliphatic carboxylic acids is 1. The first-order valence-electron chi connectivity index (χ1n) is 18.5. The molecule has 2 atom stereocenters. The smallest absolute Gasteiger partial charge is 0.475 e. The lowest BCUT2D eigenvalue weighted by molar-refractivity contribution is -0.192. The van der Waals surface area contributed by atoms with E-state index in [2.05, 4.69) is 67.9 Å². The standard InChI is InChI=1S/C35H46N10O2S.C2HF3O2/c1-35(2,3)25-8-9-27-24(17-25)18-29-33(38-27)48-34(39-29)32(47)37-28(12-15-45-13-10-21(11-14-45)30-40-42-43-41-30)22-6-5-7-23(16-22)31(46)36-26-19-44(4)20-26;3-2(4,5)1(6)7/h5-7,16,18,21,25-26,28H,8-15,17,19-20H2,1-4H3,(H,36,46)(H,37,47)(H,40,41,42,43);(H,6,7)/t25-,28+;/m0./s1. The van der Waals surface area contributed by atoms with Crippen molar-refractivity contribution in [3.05, 3.63) is 63.5 Å². The van der Waals surface area contributed by atoms with Gasteiger partial charge in [0, 0.05) is 36.8 Å². The number of tetrazole rings is 1. The number of carbonyl (C=O) groups excluding carboxylic acids is 2. The van der Waals surface area contributed by atoms with Crippen LogP contribution in [0.4, 0.5) is 13.2 Å². The molecule has 2 aliphatic heterocycles. The number of H-pyrrole nitrogens is 1. The molecule has 296 valence electrons. The fourth-order valence-electron chi connectivity index (χ4n) is 7.42. The lowest BCUT2D eigenvalue weighted by Gasteiger charge is -2.36. The fourth-order valence-corrected chi connectivity index (χ4v) is 8.26. The number of aryl methyl sites for hydroxylation is 1. The maximum atomic E-state index is 13.9. The van der Waals surface area contributed by atoms with Crippen LogP contribution in [0.15, 0.2) is 30.3 Å². The van der Waals surface area contributed by atoms with Gasteiger partial charge in [0.05, 0.1) is 12.1 Å². The number of alkyl halides is 3. The highest BCUT2D eigenvalue weighted by Crippen LogP contribution is 2.38. The van der Waals surface area contributed by atoms with Crippen molar-refractivity contribution >= 4 is 39.5 Å². The summed E-state index contributed by atoms with van der Waals surface area (Å²) in [7, 11) is 2.04. The number of hydrogen-bond acceptors (Lipinski definition) is 11.